The van der Waals surface area contributed by atoms with Crippen LogP contribution in [0, 0.1) is 0 Å². The van der Waals surface area contributed by atoms with Crippen molar-refractivity contribution in [1.29, 1.82) is 0 Å². The van der Waals surface area contributed by atoms with Crippen molar-refractivity contribution in [3.8, 4) is 23.0 Å². The maximum absolute atomic E-state index is 5.37. The van der Waals surface area contributed by atoms with Crippen molar-refractivity contribution in [2.24, 2.45) is 5.10 Å². The van der Waals surface area contributed by atoms with E-state index in [-0.39, 0.29) is 6.79 Å². The molecule has 0 amide bonds. The summed E-state index contributed by atoms with van der Waals surface area (Å²) in [6.45, 7) is 0.818. The summed E-state index contributed by atoms with van der Waals surface area (Å²) in [4.78, 5) is 0. The Hall–Kier alpha value is -2.41. The number of nitrogens with one attached hydrogen (secondary N) is 1. The fourth-order valence-corrected chi connectivity index (χ4v) is 2.70. The number of methoxy groups -OCH3 is 2. The van der Waals surface area contributed by atoms with Gasteiger partial charge in [0.05, 0.1) is 27.0 Å². The number of nitrogens with zero attached hydrogens (tertiary/aromatic N) is 1. The lowest BCUT2D eigenvalue weighted by Gasteiger charge is -2.09. The van der Waals surface area contributed by atoms with Crippen molar-refractivity contribution in [1.82, 2.24) is 5.43 Å². The van der Waals surface area contributed by atoms with Crippen LogP contribution in [0.2, 0.25) is 0 Å². The first kappa shape index (κ1) is 16.4. The SMILES string of the molecule is COc1ccc(CN/N=C\c2cc3c(cc2Br)OCO3)cc1OC. The van der Waals surface area contributed by atoms with E-state index in [0.717, 1.165) is 27.1 Å². The average molecular weight is 393 g/mol. The van der Waals surface area contributed by atoms with Gasteiger partial charge in [-0.15, -0.1) is 0 Å². The summed E-state index contributed by atoms with van der Waals surface area (Å²) in [5.74, 6) is 2.85. The zero-order valence-electron chi connectivity index (χ0n) is 13.3. The quantitative estimate of drug-likeness (QED) is 0.603. The molecule has 3 rings (SSSR count). The monoisotopic (exact) mass is 392 g/mol. The lowest BCUT2D eigenvalue weighted by Crippen LogP contribution is -2.06. The van der Waals surface area contributed by atoms with Crippen molar-refractivity contribution in [2.45, 2.75) is 6.54 Å². The zero-order chi connectivity index (χ0) is 16.9. The van der Waals surface area contributed by atoms with E-state index in [4.69, 9.17) is 18.9 Å². The van der Waals surface area contributed by atoms with Gasteiger partial charge < -0.3 is 24.4 Å². The van der Waals surface area contributed by atoms with Crippen LogP contribution in [0.1, 0.15) is 11.1 Å². The summed E-state index contributed by atoms with van der Waals surface area (Å²) >= 11 is 3.50. The molecule has 0 aliphatic carbocycles. The Morgan fingerprint density at radius 3 is 2.62 bits per heavy atom. The van der Waals surface area contributed by atoms with Gasteiger partial charge >= 0.3 is 0 Å². The second kappa shape index (κ2) is 7.44. The van der Waals surface area contributed by atoms with Gasteiger partial charge in [0.1, 0.15) is 0 Å². The maximum atomic E-state index is 5.37. The highest BCUT2D eigenvalue weighted by molar-refractivity contribution is 9.10. The third kappa shape index (κ3) is 3.56. The maximum Gasteiger partial charge on any atom is 0.231 e. The molecule has 0 fully saturated rings. The Morgan fingerprint density at radius 1 is 1.12 bits per heavy atom. The summed E-state index contributed by atoms with van der Waals surface area (Å²) in [7, 11) is 3.23. The zero-order valence-corrected chi connectivity index (χ0v) is 14.9. The van der Waals surface area contributed by atoms with Gasteiger partial charge in [0.15, 0.2) is 23.0 Å². The van der Waals surface area contributed by atoms with Crippen LogP contribution in [-0.2, 0) is 6.54 Å². The molecule has 2 aromatic carbocycles. The van der Waals surface area contributed by atoms with Crippen LogP contribution in [0.4, 0.5) is 0 Å². The molecule has 0 atom stereocenters. The molecular weight excluding hydrogens is 376 g/mol. The molecule has 0 bridgehead atoms. The highest BCUT2D eigenvalue weighted by Gasteiger charge is 2.15. The standard InChI is InChI=1S/C17H17BrN2O4/c1-21-14-4-3-11(5-15(14)22-2)8-19-20-9-12-6-16-17(7-13(12)18)24-10-23-16/h3-7,9,19H,8,10H2,1-2H3/b20-9-. The number of hydrazone groups is 1. The predicted molar refractivity (Wildman–Crippen MR) is 94.2 cm³/mol. The summed E-state index contributed by atoms with van der Waals surface area (Å²) in [5, 5.41) is 4.25. The number of ether oxygens (including phenoxy) is 4. The largest absolute Gasteiger partial charge is 0.493 e. The molecular formula is C17H17BrN2O4. The first-order valence-electron chi connectivity index (χ1n) is 7.27. The molecule has 24 heavy (non-hydrogen) atoms. The van der Waals surface area contributed by atoms with Crippen LogP contribution in [0.3, 0.4) is 0 Å². The lowest BCUT2D eigenvalue weighted by atomic mass is 10.2. The molecule has 1 aliphatic heterocycles. The molecule has 7 heteroatoms. The topological polar surface area (TPSA) is 61.3 Å². The lowest BCUT2D eigenvalue weighted by molar-refractivity contribution is 0.174. The molecule has 126 valence electrons. The van der Waals surface area contributed by atoms with Gasteiger partial charge in [0, 0.05) is 10.0 Å². The molecule has 1 heterocycles. The number of hydrogen-bond acceptors (Lipinski definition) is 6. The molecule has 1 aliphatic rings. The van der Waals surface area contributed by atoms with Crippen molar-refractivity contribution in [2.75, 3.05) is 21.0 Å². The van der Waals surface area contributed by atoms with Crippen molar-refractivity contribution < 1.29 is 18.9 Å². The van der Waals surface area contributed by atoms with Gasteiger partial charge in [0.25, 0.3) is 0 Å². The van der Waals surface area contributed by atoms with Gasteiger partial charge in [0.2, 0.25) is 6.79 Å². The van der Waals surface area contributed by atoms with Crippen molar-refractivity contribution >= 4 is 22.1 Å². The van der Waals surface area contributed by atoms with Crippen LogP contribution in [0.25, 0.3) is 0 Å². The Bertz CT molecular complexity index is 764. The summed E-state index contributed by atoms with van der Waals surface area (Å²) in [6.07, 6.45) is 1.73. The van der Waals surface area contributed by atoms with Crippen molar-refractivity contribution in [3.05, 3.63) is 45.9 Å². The van der Waals surface area contributed by atoms with E-state index in [9.17, 15) is 0 Å². The molecule has 0 radical (unpaired) electrons. The number of rotatable bonds is 6. The van der Waals surface area contributed by atoms with Crippen LogP contribution in [-0.4, -0.2) is 27.2 Å². The Balaban J connectivity index is 1.63. The Labute approximate surface area is 148 Å². The summed E-state index contributed by atoms with van der Waals surface area (Å²) in [6, 6.07) is 9.50. The predicted octanol–water partition coefficient (Wildman–Crippen LogP) is 3.32. The fraction of sp³-hybridized carbons (Fsp3) is 0.235. The van der Waals surface area contributed by atoms with Crippen LogP contribution in [0.15, 0.2) is 39.9 Å². The molecule has 6 nitrogen and oxygen atoms in total. The second-order valence-corrected chi connectivity index (χ2v) is 5.86. The number of hydrogen-bond donors (Lipinski definition) is 1. The van der Waals surface area contributed by atoms with Crippen molar-refractivity contribution in [3.63, 3.8) is 0 Å². The van der Waals surface area contributed by atoms with E-state index in [1.807, 2.05) is 30.3 Å². The molecule has 0 spiro atoms. The van der Waals surface area contributed by atoms with Gasteiger partial charge in [-0.2, -0.15) is 5.10 Å². The van der Waals surface area contributed by atoms with E-state index >= 15 is 0 Å². The van der Waals surface area contributed by atoms with Crippen LogP contribution in [0.5, 0.6) is 23.0 Å². The number of benzene rings is 2. The highest BCUT2D eigenvalue weighted by atomic mass is 79.9. The first-order valence-corrected chi connectivity index (χ1v) is 8.06. The Kier molecular flexibility index (Phi) is 5.10. The molecule has 1 N–H and O–H groups in total. The number of fused-ring (bicyclic) bond motifs is 1. The van der Waals surface area contributed by atoms with E-state index in [0.29, 0.717) is 18.0 Å². The molecule has 0 saturated heterocycles. The molecule has 0 unspecified atom stereocenters. The molecule has 0 aromatic heterocycles. The first-order chi connectivity index (χ1) is 11.7. The van der Waals surface area contributed by atoms with Crippen LogP contribution < -0.4 is 24.4 Å². The van der Waals surface area contributed by atoms with Gasteiger partial charge in [-0.3, -0.25) is 0 Å². The van der Waals surface area contributed by atoms with Gasteiger partial charge in [-0.05, 0) is 45.8 Å². The smallest absolute Gasteiger partial charge is 0.231 e. The molecule has 0 saturated carbocycles. The summed E-state index contributed by atoms with van der Waals surface area (Å²) in [5.41, 5.74) is 4.95. The third-order valence-corrected chi connectivity index (χ3v) is 4.20. The second-order valence-electron chi connectivity index (χ2n) is 5.01. The third-order valence-electron chi connectivity index (χ3n) is 3.52. The molecule has 2 aromatic rings. The van der Waals surface area contributed by atoms with E-state index < -0.39 is 0 Å². The average Bonchev–Trinajstić information content (AvgIpc) is 3.05. The van der Waals surface area contributed by atoms with Crippen LogP contribution >= 0.6 is 15.9 Å². The van der Waals surface area contributed by atoms with E-state index in [1.165, 1.54) is 0 Å². The minimum Gasteiger partial charge on any atom is -0.493 e. The Morgan fingerprint density at radius 2 is 1.88 bits per heavy atom. The normalized spacial score (nSPS) is 12.5. The van der Waals surface area contributed by atoms with Gasteiger partial charge in [-0.1, -0.05) is 6.07 Å². The minimum absolute atomic E-state index is 0.250. The van der Waals surface area contributed by atoms with E-state index in [2.05, 4.69) is 26.5 Å². The van der Waals surface area contributed by atoms with E-state index in [1.54, 1.807) is 20.4 Å². The minimum atomic E-state index is 0.250. The number of halogens is 1. The van der Waals surface area contributed by atoms with Gasteiger partial charge in [-0.25, -0.2) is 0 Å². The summed E-state index contributed by atoms with van der Waals surface area (Å²) < 4.78 is 22.1. The highest BCUT2D eigenvalue weighted by Crippen LogP contribution is 2.36. The fourth-order valence-electron chi connectivity index (χ4n) is 2.27.